The van der Waals surface area contributed by atoms with Gasteiger partial charge in [0.25, 0.3) is 0 Å². The Kier molecular flexibility index (Phi) is 3.87. The molecule has 3 heteroatoms. The summed E-state index contributed by atoms with van der Waals surface area (Å²) in [6, 6.07) is 8.04. The molecular formula is C12H13BrOS. The largest absolute Gasteiger partial charge is 0.298 e. The molecule has 0 aromatic heterocycles. The van der Waals surface area contributed by atoms with Crippen molar-refractivity contribution < 1.29 is 4.79 Å². The third kappa shape index (κ3) is 2.85. The van der Waals surface area contributed by atoms with Crippen LogP contribution in [0.2, 0.25) is 0 Å². The lowest BCUT2D eigenvalue weighted by molar-refractivity contribution is -0.122. The van der Waals surface area contributed by atoms with E-state index in [9.17, 15) is 4.79 Å². The number of halogens is 1. The molecule has 0 N–H and O–H groups in total. The van der Waals surface area contributed by atoms with Gasteiger partial charge in [-0.2, -0.15) is 0 Å². The van der Waals surface area contributed by atoms with E-state index in [0.717, 1.165) is 22.2 Å². The monoisotopic (exact) mass is 284 g/mol. The van der Waals surface area contributed by atoms with Gasteiger partial charge in [0.15, 0.2) is 0 Å². The number of Topliss-reactive ketones (excluding diaryl/α,β-unsaturated/α-hetero) is 1. The molecule has 1 nitrogen and oxygen atoms in total. The Balaban J connectivity index is 1.87. The van der Waals surface area contributed by atoms with Crippen molar-refractivity contribution in [2.75, 3.05) is 5.75 Å². The highest BCUT2D eigenvalue weighted by atomic mass is 79.9. The number of hydrogen-bond acceptors (Lipinski definition) is 2. The molecule has 2 rings (SSSR count). The van der Waals surface area contributed by atoms with E-state index in [1.54, 1.807) is 11.8 Å². The van der Waals surface area contributed by atoms with Crippen LogP contribution in [0.15, 0.2) is 33.6 Å². The van der Waals surface area contributed by atoms with Gasteiger partial charge in [0.2, 0.25) is 0 Å². The smallest absolute Gasteiger partial charge is 0.146 e. The lowest BCUT2D eigenvalue weighted by Crippen LogP contribution is -2.23. The molecule has 80 valence electrons. The molecule has 1 aromatic rings. The zero-order valence-electron chi connectivity index (χ0n) is 8.41. The summed E-state index contributed by atoms with van der Waals surface area (Å²) in [5, 5.41) is 0. The fraction of sp³-hybridized carbons (Fsp3) is 0.417. The van der Waals surface area contributed by atoms with Crippen molar-refractivity contribution in [1.29, 1.82) is 0 Å². The molecule has 1 aromatic carbocycles. The van der Waals surface area contributed by atoms with E-state index in [4.69, 9.17) is 0 Å². The molecule has 0 unspecified atom stereocenters. The number of ketones is 1. The van der Waals surface area contributed by atoms with Gasteiger partial charge >= 0.3 is 0 Å². The number of carbonyl (C=O) groups is 1. The Labute approximate surface area is 103 Å². The van der Waals surface area contributed by atoms with Crippen molar-refractivity contribution in [3.05, 3.63) is 28.7 Å². The predicted octanol–water partition coefficient (Wildman–Crippen LogP) is 3.91. The Morgan fingerprint density at radius 1 is 1.40 bits per heavy atom. The first-order valence-corrected chi connectivity index (χ1v) is 6.95. The molecule has 1 saturated carbocycles. The molecule has 0 saturated heterocycles. The highest BCUT2D eigenvalue weighted by molar-refractivity contribution is 9.10. The molecule has 0 radical (unpaired) electrons. The molecule has 0 amide bonds. The molecule has 15 heavy (non-hydrogen) atoms. The Morgan fingerprint density at radius 2 is 2.13 bits per heavy atom. The molecule has 0 bridgehead atoms. The van der Waals surface area contributed by atoms with Gasteiger partial charge in [0.1, 0.15) is 5.78 Å². The average Bonchev–Trinajstić information content (AvgIpc) is 2.14. The van der Waals surface area contributed by atoms with Gasteiger partial charge in [0, 0.05) is 15.3 Å². The molecule has 0 atom stereocenters. The summed E-state index contributed by atoms with van der Waals surface area (Å²) < 4.78 is 1.08. The van der Waals surface area contributed by atoms with Crippen molar-refractivity contribution >= 4 is 33.5 Å². The van der Waals surface area contributed by atoms with Crippen LogP contribution in [0.5, 0.6) is 0 Å². The molecular weight excluding hydrogens is 272 g/mol. The highest BCUT2D eigenvalue weighted by Gasteiger charge is 2.24. The number of rotatable bonds is 4. The van der Waals surface area contributed by atoms with Crippen LogP contribution in [0.3, 0.4) is 0 Å². The molecule has 1 fully saturated rings. The quantitative estimate of drug-likeness (QED) is 0.780. The normalized spacial score (nSPS) is 16.1. The van der Waals surface area contributed by atoms with Crippen molar-refractivity contribution in [2.24, 2.45) is 5.92 Å². The van der Waals surface area contributed by atoms with Gasteiger partial charge < -0.3 is 0 Å². The van der Waals surface area contributed by atoms with Crippen molar-refractivity contribution in [3.63, 3.8) is 0 Å². The minimum atomic E-state index is 0.361. The van der Waals surface area contributed by atoms with Crippen LogP contribution in [0.1, 0.15) is 19.3 Å². The van der Waals surface area contributed by atoms with E-state index < -0.39 is 0 Å². The highest BCUT2D eigenvalue weighted by Crippen LogP contribution is 2.31. The van der Waals surface area contributed by atoms with Crippen LogP contribution in [0.4, 0.5) is 0 Å². The number of carbonyl (C=O) groups excluding carboxylic acids is 1. The van der Waals surface area contributed by atoms with Crippen molar-refractivity contribution in [2.45, 2.75) is 24.2 Å². The van der Waals surface area contributed by atoms with Crippen LogP contribution >= 0.6 is 27.7 Å². The summed E-state index contributed by atoms with van der Waals surface area (Å²) in [5.74, 6) is 1.40. The van der Waals surface area contributed by atoms with Gasteiger partial charge in [-0.25, -0.2) is 0 Å². The Hall–Kier alpha value is -0.280. The van der Waals surface area contributed by atoms with Gasteiger partial charge in [-0.1, -0.05) is 18.6 Å². The lowest BCUT2D eigenvalue weighted by Gasteiger charge is -2.23. The first-order chi connectivity index (χ1) is 7.27. The van der Waals surface area contributed by atoms with E-state index in [1.165, 1.54) is 6.42 Å². The number of benzene rings is 1. The van der Waals surface area contributed by atoms with E-state index in [0.29, 0.717) is 17.5 Å². The second kappa shape index (κ2) is 5.17. The SMILES string of the molecule is O=C(CSc1ccccc1Br)C1CCC1. The molecule has 0 spiro atoms. The van der Waals surface area contributed by atoms with Gasteiger partial charge in [-0.05, 0) is 40.9 Å². The minimum absolute atomic E-state index is 0.361. The van der Waals surface area contributed by atoms with Crippen LogP contribution in [-0.4, -0.2) is 11.5 Å². The maximum atomic E-state index is 11.7. The van der Waals surface area contributed by atoms with Crippen LogP contribution in [-0.2, 0) is 4.79 Å². The Morgan fingerprint density at radius 3 is 2.73 bits per heavy atom. The van der Waals surface area contributed by atoms with E-state index in [-0.39, 0.29) is 0 Å². The van der Waals surface area contributed by atoms with Gasteiger partial charge in [-0.3, -0.25) is 4.79 Å². The van der Waals surface area contributed by atoms with E-state index >= 15 is 0 Å². The van der Waals surface area contributed by atoms with Crippen LogP contribution in [0.25, 0.3) is 0 Å². The maximum absolute atomic E-state index is 11.7. The number of thioether (sulfide) groups is 1. The average molecular weight is 285 g/mol. The van der Waals surface area contributed by atoms with Crippen LogP contribution < -0.4 is 0 Å². The first kappa shape index (κ1) is 11.2. The maximum Gasteiger partial charge on any atom is 0.146 e. The Bertz CT molecular complexity index is 360. The topological polar surface area (TPSA) is 17.1 Å². The minimum Gasteiger partial charge on any atom is -0.298 e. The zero-order chi connectivity index (χ0) is 10.7. The number of hydrogen-bond donors (Lipinski definition) is 0. The summed E-state index contributed by atoms with van der Waals surface area (Å²) in [7, 11) is 0. The van der Waals surface area contributed by atoms with Crippen molar-refractivity contribution in [3.8, 4) is 0 Å². The summed E-state index contributed by atoms with van der Waals surface area (Å²) in [5.41, 5.74) is 0. The fourth-order valence-electron chi connectivity index (χ4n) is 1.56. The zero-order valence-corrected chi connectivity index (χ0v) is 10.8. The fourth-order valence-corrected chi connectivity index (χ4v) is 3.10. The van der Waals surface area contributed by atoms with E-state index in [2.05, 4.69) is 15.9 Å². The van der Waals surface area contributed by atoms with Crippen LogP contribution in [0, 0.1) is 5.92 Å². The first-order valence-electron chi connectivity index (χ1n) is 5.17. The second-order valence-electron chi connectivity index (χ2n) is 3.81. The molecule has 0 heterocycles. The van der Waals surface area contributed by atoms with Gasteiger partial charge in [0.05, 0.1) is 5.75 Å². The predicted molar refractivity (Wildman–Crippen MR) is 67.2 cm³/mol. The van der Waals surface area contributed by atoms with E-state index in [1.807, 2.05) is 24.3 Å². The molecule has 1 aliphatic carbocycles. The third-order valence-corrected chi connectivity index (χ3v) is 4.82. The lowest BCUT2D eigenvalue weighted by atomic mass is 9.83. The summed E-state index contributed by atoms with van der Waals surface area (Å²) in [6.45, 7) is 0. The second-order valence-corrected chi connectivity index (χ2v) is 5.68. The molecule has 1 aliphatic rings. The third-order valence-electron chi connectivity index (χ3n) is 2.77. The summed E-state index contributed by atoms with van der Waals surface area (Å²) in [4.78, 5) is 12.8. The molecule has 0 aliphatic heterocycles. The summed E-state index contributed by atoms with van der Waals surface area (Å²) in [6.07, 6.45) is 3.45. The summed E-state index contributed by atoms with van der Waals surface area (Å²) >= 11 is 5.12. The van der Waals surface area contributed by atoms with Crippen molar-refractivity contribution in [1.82, 2.24) is 0 Å². The standard InChI is InChI=1S/C12H13BrOS/c13-10-6-1-2-7-12(10)15-8-11(14)9-4-3-5-9/h1-2,6-7,9H,3-5,8H2. The van der Waals surface area contributed by atoms with Gasteiger partial charge in [-0.15, -0.1) is 11.8 Å².